The van der Waals surface area contributed by atoms with E-state index in [-0.39, 0.29) is 19.1 Å². The lowest BCUT2D eigenvalue weighted by Gasteiger charge is -2.29. The van der Waals surface area contributed by atoms with E-state index in [4.69, 9.17) is 16.7 Å². The van der Waals surface area contributed by atoms with Crippen molar-refractivity contribution in [1.82, 2.24) is 10.6 Å². The number of amides is 2. The monoisotopic (exact) mass is 312 g/mol. The second kappa shape index (κ2) is 8.00. The van der Waals surface area contributed by atoms with Gasteiger partial charge in [-0.15, -0.1) is 0 Å². The van der Waals surface area contributed by atoms with E-state index in [1.54, 1.807) is 24.3 Å². The van der Waals surface area contributed by atoms with Crippen LogP contribution in [0.2, 0.25) is 5.02 Å². The number of carbonyl (C=O) groups excluding carboxylic acids is 2. The molecule has 0 bridgehead atoms. The molecule has 1 unspecified atom stereocenters. The summed E-state index contributed by atoms with van der Waals surface area (Å²) in [5.41, 5.74) is -0.137. The molecular formula is C15H21ClN2O3. The topological polar surface area (TPSA) is 78.4 Å². The van der Waals surface area contributed by atoms with Crippen molar-refractivity contribution in [2.75, 3.05) is 13.2 Å². The van der Waals surface area contributed by atoms with E-state index in [1.165, 1.54) is 0 Å². The van der Waals surface area contributed by atoms with Crippen LogP contribution in [0.4, 0.5) is 0 Å². The highest BCUT2D eigenvalue weighted by Crippen LogP contribution is 2.15. The summed E-state index contributed by atoms with van der Waals surface area (Å²) in [6, 6.07) is 6.65. The van der Waals surface area contributed by atoms with Crippen LogP contribution >= 0.6 is 11.6 Å². The quantitative estimate of drug-likeness (QED) is 0.717. The molecule has 0 saturated heterocycles. The minimum absolute atomic E-state index is 0.00337. The van der Waals surface area contributed by atoms with Gasteiger partial charge in [-0.25, -0.2) is 0 Å². The Labute approximate surface area is 129 Å². The van der Waals surface area contributed by atoms with Crippen LogP contribution in [-0.2, 0) is 4.79 Å². The predicted molar refractivity (Wildman–Crippen MR) is 82.3 cm³/mol. The van der Waals surface area contributed by atoms with Gasteiger partial charge in [0, 0.05) is 12.1 Å². The summed E-state index contributed by atoms with van der Waals surface area (Å²) in [5, 5.41) is 14.7. The van der Waals surface area contributed by atoms with Gasteiger partial charge in [0.05, 0.1) is 17.1 Å². The number of benzene rings is 1. The van der Waals surface area contributed by atoms with Crippen molar-refractivity contribution in [2.24, 2.45) is 0 Å². The van der Waals surface area contributed by atoms with Gasteiger partial charge in [0.1, 0.15) is 0 Å². The first kappa shape index (κ1) is 17.5. The molecule has 21 heavy (non-hydrogen) atoms. The van der Waals surface area contributed by atoms with Crippen LogP contribution in [0, 0.1) is 0 Å². The summed E-state index contributed by atoms with van der Waals surface area (Å²) in [6.45, 7) is 3.65. The molecule has 116 valence electrons. The number of aliphatic hydroxyl groups is 1. The molecule has 0 fully saturated rings. The second-order valence-corrected chi connectivity index (χ2v) is 5.51. The third-order valence-electron chi connectivity index (χ3n) is 3.41. The van der Waals surface area contributed by atoms with Gasteiger partial charge in [-0.05, 0) is 31.9 Å². The SMILES string of the molecule is CCC(C)(CCO)NC(=O)CNC(=O)c1ccccc1Cl. The van der Waals surface area contributed by atoms with Crippen molar-refractivity contribution in [1.29, 1.82) is 0 Å². The van der Waals surface area contributed by atoms with Crippen LogP contribution in [0.5, 0.6) is 0 Å². The maximum absolute atomic E-state index is 11.9. The fourth-order valence-electron chi connectivity index (χ4n) is 1.86. The van der Waals surface area contributed by atoms with Crippen LogP contribution in [0.1, 0.15) is 37.0 Å². The third-order valence-corrected chi connectivity index (χ3v) is 3.74. The van der Waals surface area contributed by atoms with E-state index in [0.29, 0.717) is 23.4 Å². The Morgan fingerprint density at radius 2 is 2.00 bits per heavy atom. The Bertz CT molecular complexity index is 507. The lowest BCUT2D eigenvalue weighted by Crippen LogP contribution is -2.49. The molecular weight excluding hydrogens is 292 g/mol. The van der Waals surface area contributed by atoms with Crippen LogP contribution < -0.4 is 10.6 Å². The zero-order chi connectivity index (χ0) is 15.9. The van der Waals surface area contributed by atoms with Gasteiger partial charge in [-0.3, -0.25) is 9.59 Å². The standard InChI is InChI=1S/C15H21ClN2O3/c1-3-15(2,8-9-19)18-13(20)10-17-14(21)11-6-4-5-7-12(11)16/h4-7,19H,3,8-10H2,1-2H3,(H,17,21)(H,18,20). The van der Waals surface area contributed by atoms with E-state index in [2.05, 4.69) is 10.6 Å². The number of rotatable bonds is 7. The summed E-state index contributed by atoms with van der Waals surface area (Å²) in [4.78, 5) is 23.8. The predicted octanol–water partition coefficient (Wildman–Crippen LogP) is 1.74. The smallest absolute Gasteiger partial charge is 0.253 e. The Morgan fingerprint density at radius 1 is 1.33 bits per heavy atom. The minimum atomic E-state index is -0.471. The van der Waals surface area contributed by atoms with E-state index < -0.39 is 11.4 Å². The molecule has 5 nitrogen and oxygen atoms in total. The van der Waals surface area contributed by atoms with Gasteiger partial charge >= 0.3 is 0 Å². The number of nitrogens with one attached hydrogen (secondary N) is 2. The first-order chi connectivity index (χ1) is 9.91. The molecule has 1 aromatic carbocycles. The number of aliphatic hydroxyl groups excluding tert-OH is 1. The van der Waals surface area contributed by atoms with Gasteiger partial charge in [-0.1, -0.05) is 30.7 Å². The highest BCUT2D eigenvalue weighted by molar-refractivity contribution is 6.33. The number of hydrogen-bond acceptors (Lipinski definition) is 3. The van der Waals surface area contributed by atoms with Crippen molar-refractivity contribution < 1.29 is 14.7 Å². The van der Waals surface area contributed by atoms with Crippen molar-refractivity contribution in [3.8, 4) is 0 Å². The summed E-state index contributed by atoms with van der Waals surface area (Å²) in [5.74, 6) is -0.690. The molecule has 0 aliphatic heterocycles. The van der Waals surface area contributed by atoms with Gasteiger partial charge in [0.25, 0.3) is 5.91 Å². The Morgan fingerprint density at radius 3 is 2.57 bits per heavy atom. The van der Waals surface area contributed by atoms with E-state index >= 15 is 0 Å². The summed E-state index contributed by atoms with van der Waals surface area (Å²) in [7, 11) is 0. The van der Waals surface area contributed by atoms with Crippen LogP contribution in [0.3, 0.4) is 0 Å². The normalized spacial score (nSPS) is 13.3. The van der Waals surface area contributed by atoms with Crippen LogP contribution in [0.15, 0.2) is 24.3 Å². The van der Waals surface area contributed by atoms with Crippen LogP contribution in [-0.4, -0.2) is 35.6 Å². The second-order valence-electron chi connectivity index (χ2n) is 5.10. The average molecular weight is 313 g/mol. The van der Waals surface area contributed by atoms with Crippen molar-refractivity contribution in [3.63, 3.8) is 0 Å². The van der Waals surface area contributed by atoms with Gasteiger partial charge in [0.2, 0.25) is 5.91 Å². The zero-order valence-electron chi connectivity index (χ0n) is 12.3. The fraction of sp³-hybridized carbons (Fsp3) is 0.467. The minimum Gasteiger partial charge on any atom is -0.396 e. The maximum Gasteiger partial charge on any atom is 0.253 e. The molecule has 0 aromatic heterocycles. The van der Waals surface area contributed by atoms with Gasteiger partial charge in [0.15, 0.2) is 0 Å². The molecule has 1 rings (SSSR count). The molecule has 6 heteroatoms. The molecule has 1 atom stereocenters. The molecule has 0 aliphatic rings. The summed E-state index contributed by atoms with van der Waals surface area (Å²) < 4.78 is 0. The van der Waals surface area contributed by atoms with Crippen molar-refractivity contribution >= 4 is 23.4 Å². The van der Waals surface area contributed by atoms with Crippen LogP contribution in [0.25, 0.3) is 0 Å². The molecule has 3 N–H and O–H groups in total. The van der Waals surface area contributed by atoms with E-state index in [1.807, 2.05) is 13.8 Å². The largest absolute Gasteiger partial charge is 0.396 e. The first-order valence-electron chi connectivity index (χ1n) is 6.86. The molecule has 0 saturated carbocycles. The van der Waals surface area contributed by atoms with Crippen molar-refractivity contribution in [3.05, 3.63) is 34.9 Å². The van der Waals surface area contributed by atoms with E-state index in [0.717, 1.165) is 0 Å². The van der Waals surface area contributed by atoms with E-state index in [9.17, 15) is 9.59 Å². The molecule has 2 amide bonds. The number of halogens is 1. The summed E-state index contributed by atoms with van der Waals surface area (Å²) >= 11 is 5.92. The van der Waals surface area contributed by atoms with Gasteiger partial charge < -0.3 is 15.7 Å². The molecule has 0 radical (unpaired) electrons. The molecule has 1 aromatic rings. The summed E-state index contributed by atoms with van der Waals surface area (Å²) in [6.07, 6.45) is 1.16. The number of hydrogen-bond donors (Lipinski definition) is 3. The lowest BCUT2D eigenvalue weighted by molar-refractivity contribution is -0.122. The highest BCUT2D eigenvalue weighted by atomic mass is 35.5. The Hall–Kier alpha value is -1.59. The Balaban J connectivity index is 2.53. The zero-order valence-corrected chi connectivity index (χ0v) is 13.0. The Kier molecular flexibility index (Phi) is 6.65. The number of carbonyl (C=O) groups is 2. The fourth-order valence-corrected chi connectivity index (χ4v) is 2.08. The van der Waals surface area contributed by atoms with Gasteiger partial charge in [-0.2, -0.15) is 0 Å². The molecule has 0 spiro atoms. The molecule has 0 heterocycles. The highest BCUT2D eigenvalue weighted by Gasteiger charge is 2.23. The average Bonchev–Trinajstić information content (AvgIpc) is 2.45. The molecule has 0 aliphatic carbocycles. The van der Waals surface area contributed by atoms with Crippen molar-refractivity contribution in [2.45, 2.75) is 32.2 Å². The lowest BCUT2D eigenvalue weighted by atomic mass is 9.95. The third kappa shape index (κ3) is 5.36. The maximum atomic E-state index is 11.9. The first-order valence-corrected chi connectivity index (χ1v) is 7.24.